The van der Waals surface area contributed by atoms with Gasteiger partial charge in [0.15, 0.2) is 5.60 Å². The number of primary amides is 1. The predicted molar refractivity (Wildman–Crippen MR) is 57.4 cm³/mol. The average molecular weight is 215 g/mol. The zero-order valence-corrected chi connectivity index (χ0v) is 10.4. The molecule has 88 valence electrons. The molecule has 2 unspecified atom stereocenters. The summed E-state index contributed by atoms with van der Waals surface area (Å²) in [6, 6.07) is 0. The fourth-order valence-electron chi connectivity index (χ4n) is 1.83. The fraction of sp³-hybridized carbons (Fsp3) is 0.909. The maximum atomic E-state index is 11.5. The molecule has 1 aliphatic rings. The third-order valence-corrected chi connectivity index (χ3v) is 3.53. The number of rotatable bonds is 1. The number of hydrogen-bond acceptors (Lipinski definition) is 3. The summed E-state index contributed by atoms with van der Waals surface area (Å²) < 4.78 is 11.7. The van der Waals surface area contributed by atoms with Gasteiger partial charge in [0.2, 0.25) is 0 Å². The quantitative estimate of drug-likeness (QED) is 0.715. The predicted octanol–water partition coefficient (Wildman–Crippen LogP) is 1.22. The van der Waals surface area contributed by atoms with Crippen LogP contribution in [0.2, 0.25) is 0 Å². The minimum Gasteiger partial charge on any atom is -0.367 e. The first kappa shape index (κ1) is 12.5. The number of ether oxygens (including phenoxy) is 2. The highest BCUT2D eigenvalue weighted by Crippen LogP contribution is 2.41. The third kappa shape index (κ3) is 1.76. The van der Waals surface area contributed by atoms with Gasteiger partial charge in [-0.2, -0.15) is 0 Å². The van der Waals surface area contributed by atoms with Crippen molar-refractivity contribution in [2.75, 3.05) is 0 Å². The molecule has 0 aromatic carbocycles. The fourth-order valence-corrected chi connectivity index (χ4v) is 1.83. The highest BCUT2D eigenvalue weighted by Gasteiger charge is 2.57. The van der Waals surface area contributed by atoms with E-state index in [2.05, 4.69) is 0 Å². The second-order valence-corrected chi connectivity index (χ2v) is 5.37. The minimum atomic E-state index is -1.08. The molecule has 0 spiro atoms. The molecule has 0 bridgehead atoms. The Morgan fingerprint density at radius 2 is 1.67 bits per heavy atom. The standard InChI is InChI=1S/C11H21NO3/c1-7-9(2,3)15-10(4,5)11(6,14-7)8(12)13/h7H,1-6H3,(H2,12,13). The van der Waals surface area contributed by atoms with Gasteiger partial charge in [-0.3, -0.25) is 4.79 Å². The van der Waals surface area contributed by atoms with Crippen LogP contribution in [0.4, 0.5) is 0 Å². The summed E-state index contributed by atoms with van der Waals surface area (Å²) in [5, 5.41) is 0. The molecule has 2 N–H and O–H groups in total. The van der Waals surface area contributed by atoms with Crippen molar-refractivity contribution in [1.29, 1.82) is 0 Å². The van der Waals surface area contributed by atoms with Gasteiger partial charge in [-0.05, 0) is 41.5 Å². The van der Waals surface area contributed by atoms with Crippen LogP contribution in [0.3, 0.4) is 0 Å². The zero-order chi connectivity index (χ0) is 12.1. The molecule has 4 heteroatoms. The largest absolute Gasteiger partial charge is 0.367 e. The second-order valence-electron chi connectivity index (χ2n) is 5.37. The Kier molecular flexibility index (Phi) is 2.65. The highest BCUT2D eigenvalue weighted by atomic mass is 16.6. The molecule has 0 aromatic rings. The molecule has 0 saturated carbocycles. The molecule has 1 aliphatic heterocycles. The van der Waals surface area contributed by atoms with E-state index in [0.29, 0.717) is 0 Å². The molecular weight excluding hydrogens is 194 g/mol. The summed E-state index contributed by atoms with van der Waals surface area (Å²) in [6.45, 7) is 11.1. The van der Waals surface area contributed by atoms with E-state index in [-0.39, 0.29) is 6.10 Å². The Labute approximate surface area is 91.1 Å². The normalized spacial score (nSPS) is 38.7. The summed E-state index contributed by atoms with van der Waals surface area (Å²) in [6.07, 6.45) is -0.178. The Balaban J connectivity index is 3.10. The van der Waals surface area contributed by atoms with Crippen molar-refractivity contribution in [2.24, 2.45) is 5.73 Å². The number of hydrogen-bond donors (Lipinski definition) is 1. The number of amides is 1. The summed E-state index contributed by atoms with van der Waals surface area (Å²) in [4.78, 5) is 11.5. The topological polar surface area (TPSA) is 61.5 Å². The van der Waals surface area contributed by atoms with Crippen molar-refractivity contribution >= 4 is 5.91 Å². The molecule has 1 rings (SSSR count). The van der Waals surface area contributed by atoms with Crippen LogP contribution in [0.5, 0.6) is 0 Å². The van der Waals surface area contributed by atoms with Gasteiger partial charge in [-0.1, -0.05) is 0 Å². The zero-order valence-electron chi connectivity index (χ0n) is 10.4. The summed E-state index contributed by atoms with van der Waals surface area (Å²) >= 11 is 0. The van der Waals surface area contributed by atoms with E-state index in [1.165, 1.54) is 0 Å². The smallest absolute Gasteiger partial charge is 0.252 e. The van der Waals surface area contributed by atoms with Gasteiger partial charge in [-0.15, -0.1) is 0 Å². The first-order valence-electron chi connectivity index (χ1n) is 5.21. The molecule has 1 fully saturated rings. The van der Waals surface area contributed by atoms with Crippen LogP contribution in [0.1, 0.15) is 41.5 Å². The van der Waals surface area contributed by atoms with Crippen LogP contribution in [-0.2, 0) is 14.3 Å². The van der Waals surface area contributed by atoms with Crippen LogP contribution < -0.4 is 5.73 Å². The molecule has 1 saturated heterocycles. The van der Waals surface area contributed by atoms with E-state index < -0.39 is 22.7 Å². The van der Waals surface area contributed by atoms with Crippen molar-refractivity contribution in [3.05, 3.63) is 0 Å². The van der Waals surface area contributed by atoms with Gasteiger partial charge in [-0.25, -0.2) is 0 Å². The third-order valence-electron chi connectivity index (χ3n) is 3.53. The van der Waals surface area contributed by atoms with Crippen LogP contribution in [0.15, 0.2) is 0 Å². The molecule has 0 aliphatic carbocycles. The molecule has 15 heavy (non-hydrogen) atoms. The van der Waals surface area contributed by atoms with Crippen LogP contribution in [-0.4, -0.2) is 28.8 Å². The Morgan fingerprint density at radius 1 is 1.20 bits per heavy atom. The lowest BCUT2D eigenvalue weighted by molar-refractivity contribution is -0.313. The highest BCUT2D eigenvalue weighted by molar-refractivity contribution is 5.84. The average Bonchev–Trinajstić information content (AvgIpc) is 1.99. The molecule has 1 heterocycles. The minimum absolute atomic E-state index is 0.178. The SMILES string of the molecule is CC1OC(C)(C(N)=O)C(C)(C)OC1(C)C. The lowest BCUT2D eigenvalue weighted by Crippen LogP contribution is -2.69. The lowest BCUT2D eigenvalue weighted by Gasteiger charge is -2.54. The van der Waals surface area contributed by atoms with Gasteiger partial charge < -0.3 is 15.2 Å². The second kappa shape index (κ2) is 3.19. The van der Waals surface area contributed by atoms with Crippen LogP contribution >= 0.6 is 0 Å². The van der Waals surface area contributed by atoms with Crippen molar-refractivity contribution in [1.82, 2.24) is 0 Å². The number of nitrogens with two attached hydrogens (primary N) is 1. The van der Waals surface area contributed by atoms with E-state index in [9.17, 15) is 4.79 Å². The van der Waals surface area contributed by atoms with Gasteiger partial charge in [0.25, 0.3) is 5.91 Å². The Bertz CT molecular complexity index is 286. The van der Waals surface area contributed by atoms with Crippen LogP contribution in [0, 0.1) is 0 Å². The lowest BCUT2D eigenvalue weighted by atomic mass is 9.82. The first-order chi connectivity index (χ1) is 6.53. The molecule has 0 aromatic heterocycles. The van der Waals surface area contributed by atoms with E-state index in [4.69, 9.17) is 15.2 Å². The van der Waals surface area contributed by atoms with E-state index >= 15 is 0 Å². The van der Waals surface area contributed by atoms with Crippen LogP contribution in [0.25, 0.3) is 0 Å². The first-order valence-corrected chi connectivity index (χ1v) is 5.21. The van der Waals surface area contributed by atoms with Crippen molar-refractivity contribution < 1.29 is 14.3 Å². The number of carbonyl (C=O) groups is 1. The molecule has 2 atom stereocenters. The van der Waals surface area contributed by atoms with Crippen molar-refractivity contribution in [3.8, 4) is 0 Å². The summed E-state index contributed by atoms with van der Waals surface area (Å²) in [5.41, 5.74) is 3.16. The van der Waals surface area contributed by atoms with Crippen molar-refractivity contribution in [2.45, 2.75) is 64.4 Å². The number of carbonyl (C=O) groups excluding carboxylic acids is 1. The van der Waals surface area contributed by atoms with Gasteiger partial charge in [0, 0.05) is 0 Å². The van der Waals surface area contributed by atoms with E-state index in [0.717, 1.165) is 0 Å². The maximum Gasteiger partial charge on any atom is 0.252 e. The van der Waals surface area contributed by atoms with E-state index in [1.807, 2.05) is 34.6 Å². The monoisotopic (exact) mass is 215 g/mol. The van der Waals surface area contributed by atoms with Crippen molar-refractivity contribution in [3.63, 3.8) is 0 Å². The van der Waals surface area contributed by atoms with Gasteiger partial charge in [0.05, 0.1) is 11.7 Å². The Hall–Kier alpha value is -0.610. The Morgan fingerprint density at radius 3 is 2.07 bits per heavy atom. The molecule has 1 amide bonds. The van der Waals surface area contributed by atoms with E-state index in [1.54, 1.807) is 6.92 Å². The summed E-state index contributed by atoms with van der Waals surface area (Å²) in [7, 11) is 0. The molecule has 4 nitrogen and oxygen atoms in total. The molecule has 0 radical (unpaired) electrons. The van der Waals surface area contributed by atoms with Gasteiger partial charge >= 0.3 is 0 Å². The molecular formula is C11H21NO3. The summed E-state index contributed by atoms with van der Waals surface area (Å²) in [5.74, 6) is -0.491. The maximum absolute atomic E-state index is 11.5. The van der Waals surface area contributed by atoms with Gasteiger partial charge in [0.1, 0.15) is 5.60 Å².